The SMILES string of the molecule is CC1CN(C(=O)CCn2cc([N+](=O)[O-])cn2)CC(C)O1. The summed E-state index contributed by atoms with van der Waals surface area (Å²) in [5.74, 6) is 0.0187. The zero-order valence-electron chi connectivity index (χ0n) is 11.6. The van der Waals surface area contributed by atoms with E-state index in [0.717, 1.165) is 0 Å². The van der Waals surface area contributed by atoms with Crippen molar-refractivity contribution in [1.82, 2.24) is 14.7 Å². The Labute approximate surface area is 116 Å². The zero-order valence-corrected chi connectivity index (χ0v) is 11.6. The minimum absolute atomic E-state index is 0.0187. The van der Waals surface area contributed by atoms with Gasteiger partial charge in [0.2, 0.25) is 5.91 Å². The van der Waals surface area contributed by atoms with Crippen LogP contribution in [0.15, 0.2) is 12.4 Å². The van der Waals surface area contributed by atoms with Crippen molar-refractivity contribution in [2.24, 2.45) is 0 Å². The van der Waals surface area contributed by atoms with Gasteiger partial charge < -0.3 is 9.64 Å². The van der Waals surface area contributed by atoms with E-state index in [-0.39, 0.29) is 30.2 Å². The third-order valence-electron chi connectivity index (χ3n) is 3.16. The second-order valence-electron chi connectivity index (χ2n) is 5.02. The first-order valence-corrected chi connectivity index (χ1v) is 6.56. The Morgan fingerprint density at radius 2 is 2.15 bits per heavy atom. The molecule has 1 aliphatic heterocycles. The molecule has 0 saturated carbocycles. The summed E-state index contributed by atoms with van der Waals surface area (Å²) in [6.07, 6.45) is 2.86. The van der Waals surface area contributed by atoms with E-state index in [4.69, 9.17) is 4.74 Å². The van der Waals surface area contributed by atoms with Crippen LogP contribution in [0.3, 0.4) is 0 Å². The van der Waals surface area contributed by atoms with Crippen LogP contribution in [0, 0.1) is 10.1 Å². The molecular formula is C12H18N4O4. The first-order chi connectivity index (χ1) is 9.45. The maximum atomic E-state index is 12.1. The number of aromatic nitrogens is 2. The number of rotatable bonds is 4. The van der Waals surface area contributed by atoms with Gasteiger partial charge in [-0.15, -0.1) is 0 Å². The van der Waals surface area contributed by atoms with Crippen molar-refractivity contribution < 1.29 is 14.5 Å². The number of morpholine rings is 1. The number of amides is 1. The van der Waals surface area contributed by atoms with Crippen molar-refractivity contribution in [2.75, 3.05) is 13.1 Å². The van der Waals surface area contributed by atoms with Gasteiger partial charge in [0.25, 0.3) is 0 Å². The quantitative estimate of drug-likeness (QED) is 0.602. The van der Waals surface area contributed by atoms with Crippen molar-refractivity contribution in [2.45, 2.75) is 39.0 Å². The molecule has 2 unspecified atom stereocenters. The Bertz CT molecular complexity index is 491. The fourth-order valence-electron chi connectivity index (χ4n) is 2.32. The van der Waals surface area contributed by atoms with Gasteiger partial charge in [0.05, 0.1) is 17.1 Å². The van der Waals surface area contributed by atoms with Crippen molar-refractivity contribution in [3.8, 4) is 0 Å². The van der Waals surface area contributed by atoms with Crippen LogP contribution >= 0.6 is 0 Å². The molecule has 0 N–H and O–H groups in total. The van der Waals surface area contributed by atoms with Crippen molar-refractivity contribution in [3.05, 3.63) is 22.5 Å². The number of aryl methyl sites for hydroxylation is 1. The molecule has 1 aliphatic rings. The molecule has 1 aromatic rings. The summed E-state index contributed by atoms with van der Waals surface area (Å²) in [6, 6.07) is 0. The van der Waals surface area contributed by atoms with Gasteiger partial charge in [-0.25, -0.2) is 0 Å². The molecule has 2 atom stereocenters. The lowest BCUT2D eigenvalue weighted by molar-refractivity contribution is -0.385. The number of carbonyl (C=O) groups is 1. The summed E-state index contributed by atoms with van der Waals surface area (Å²) in [4.78, 5) is 23.9. The van der Waals surface area contributed by atoms with Crippen LogP contribution in [-0.2, 0) is 16.1 Å². The van der Waals surface area contributed by atoms with Gasteiger partial charge in [-0.3, -0.25) is 19.6 Å². The van der Waals surface area contributed by atoms with Crippen LogP contribution < -0.4 is 0 Å². The molecule has 0 spiro atoms. The van der Waals surface area contributed by atoms with Gasteiger partial charge in [0, 0.05) is 26.1 Å². The summed E-state index contributed by atoms with van der Waals surface area (Å²) >= 11 is 0. The highest BCUT2D eigenvalue weighted by atomic mass is 16.6. The molecule has 0 aromatic carbocycles. The number of hydrogen-bond donors (Lipinski definition) is 0. The molecule has 0 radical (unpaired) electrons. The predicted octanol–water partition coefficient (Wildman–Crippen LogP) is 0.817. The highest BCUT2D eigenvalue weighted by Gasteiger charge is 2.25. The van der Waals surface area contributed by atoms with Crippen LogP contribution in [0.2, 0.25) is 0 Å². The van der Waals surface area contributed by atoms with E-state index in [1.54, 1.807) is 4.90 Å². The standard InChI is InChI=1S/C12H18N4O4/c1-9-6-14(7-10(2)20-9)12(17)3-4-15-8-11(5-13-15)16(18)19/h5,8-10H,3-4,6-7H2,1-2H3. The summed E-state index contributed by atoms with van der Waals surface area (Å²) < 4.78 is 6.99. The lowest BCUT2D eigenvalue weighted by atomic mass is 10.2. The summed E-state index contributed by atoms with van der Waals surface area (Å²) in [5, 5.41) is 14.4. The summed E-state index contributed by atoms with van der Waals surface area (Å²) in [7, 11) is 0. The van der Waals surface area contributed by atoms with Crippen LogP contribution in [-0.4, -0.2) is 50.8 Å². The van der Waals surface area contributed by atoms with Crippen molar-refractivity contribution in [1.29, 1.82) is 0 Å². The van der Waals surface area contributed by atoms with Crippen LogP contribution in [0.25, 0.3) is 0 Å². The molecule has 2 heterocycles. The van der Waals surface area contributed by atoms with Gasteiger partial charge in [-0.2, -0.15) is 5.10 Å². The molecule has 110 valence electrons. The number of carbonyl (C=O) groups excluding carboxylic acids is 1. The maximum Gasteiger partial charge on any atom is 0.306 e. The number of nitrogens with zero attached hydrogens (tertiary/aromatic N) is 4. The first kappa shape index (κ1) is 14.4. The third kappa shape index (κ3) is 3.53. The van der Waals surface area contributed by atoms with E-state index >= 15 is 0 Å². The largest absolute Gasteiger partial charge is 0.372 e. The Morgan fingerprint density at radius 3 is 2.70 bits per heavy atom. The Kier molecular flexibility index (Phi) is 4.33. The smallest absolute Gasteiger partial charge is 0.306 e. The van der Waals surface area contributed by atoms with Gasteiger partial charge in [0.15, 0.2) is 0 Å². The Balaban J connectivity index is 1.86. The van der Waals surface area contributed by atoms with E-state index in [1.807, 2.05) is 13.8 Å². The van der Waals surface area contributed by atoms with Gasteiger partial charge in [-0.1, -0.05) is 0 Å². The summed E-state index contributed by atoms with van der Waals surface area (Å²) in [5.41, 5.74) is -0.0638. The lowest BCUT2D eigenvalue weighted by Gasteiger charge is -2.35. The number of nitro groups is 1. The van der Waals surface area contributed by atoms with E-state index in [2.05, 4.69) is 5.10 Å². The van der Waals surface area contributed by atoms with Gasteiger partial charge in [-0.05, 0) is 13.8 Å². The number of ether oxygens (including phenoxy) is 1. The minimum Gasteiger partial charge on any atom is -0.372 e. The van der Waals surface area contributed by atoms with E-state index in [0.29, 0.717) is 19.6 Å². The van der Waals surface area contributed by atoms with Crippen LogP contribution in [0.4, 0.5) is 5.69 Å². The van der Waals surface area contributed by atoms with E-state index in [9.17, 15) is 14.9 Å². The molecular weight excluding hydrogens is 264 g/mol. The van der Waals surface area contributed by atoms with Gasteiger partial charge in [0.1, 0.15) is 12.4 Å². The molecule has 1 fully saturated rings. The summed E-state index contributed by atoms with van der Waals surface area (Å²) in [6.45, 7) is 5.39. The predicted molar refractivity (Wildman–Crippen MR) is 70.1 cm³/mol. The van der Waals surface area contributed by atoms with Crippen molar-refractivity contribution in [3.63, 3.8) is 0 Å². The first-order valence-electron chi connectivity index (χ1n) is 6.56. The molecule has 20 heavy (non-hydrogen) atoms. The normalized spacial score (nSPS) is 22.8. The molecule has 1 amide bonds. The molecule has 0 aliphatic carbocycles. The zero-order chi connectivity index (χ0) is 14.7. The molecule has 2 rings (SSSR count). The molecule has 8 heteroatoms. The molecule has 1 saturated heterocycles. The van der Waals surface area contributed by atoms with E-state index < -0.39 is 4.92 Å². The minimum atomic E-state index is -0.503. The van der Waals surface area contributed by atoms with Crippen LogP contribution in [0.1, 0.15) is 20.3 Å². The fourth-order valence-corrected chi connectivity index (χ4v) is 2.32. The maximum absolute atomic E-state index is 12.1. The molecule has 0 bridgehead atoms. The van der Waals surface area contributed by atoms with Crippen molar-refractivity contribution >= 4 is 11.6 Å². The Morgan fingerprint density at radius 1 is 1.50 bits per heavy atom. The average Bonchev–Trinajstić information content (AvgIpc) is 2.83. The fraction of sp³-hybridized carbons (Fsp3) is 0.667. The molecule has 8 nitrogen and oxygen atoms in total. The number of hydrogen-bond acceptors (Lipinski definition) is 5. The lowest BCUT2D eigenvalue weighted by Crippen LogP contribution is -2.48. The highest BCUT2D eigenvalue weighted by Crippen LogP contribution is 2.13. The topological polar surface area (TPSA) is 90.5 Å². The highest BCUT2D eigenvalue weighted by molar-refractivity contribution is 5.76. The molecule has 1 aromatic heterocycles. The average molecular weight is 282 g/mol. The third-order valence-corrected chi connectivity index (χ3v) is 3.16. The second-order valence-corrected chi connectivity index (χ2v) is 5.02. The van der Waals surface area contributed by atoms with Gasteiger partial charge >= 0.3 is 5.69 Å². The van der Waals surface area contributed by atoms with Crippen LogP contribution in [0.5, 0.6) is 0 Å². The monoisotopic (exact) mass is 282 g/mol. The van der Waals surface area contributed by atoms with E-state index in [1.165, 1.54) is 17.1 Å². The Hall–Kier alpha value is -1.96. The second kappa shape index (κ2) is 6.00.